The van der Waals surface area contributed by atoms with Crippen molar-refractivity contribution >= 4 is 44.2 Å². The monoisotopic (exact) mass is 467 g/mol. The van der Waals surface area contributed by atoms with Gasteiger partial charge >= 0.3 is 0 Å². The Labute approximate surface area is 192 Å². The molecule has 0 bridgehead atoms. The zero-order valence-electron chi connectivity index (χ0n) is 17.8. The summed E-state index contributed by atoms with van der Waals surface area (Å²) in [5.74, 6) is -0.300. The Bertz CT molecular complexity index is 1180. The summed E-state index contributed by atoms with van der Waals surface area (Å²) in [5.41, 5.74) is 2.47. The van der Waals surface area contributed by atoms with E-state index in [-0.39, 0.29) is 11.8 Å². The highest BCUT2D eigenvalue weighted by molar-refractivity contribution is 7.92. The van der Waals surface area contributed by atoms with Gasteiger partial charge in [0.05, 0.1) is 11.4 Å². The van der Waals surface area contributed by atoms with Crippen LogP contribution >= 0.6 is 11.3 Å². The highest BCUT2D eigenvalue weighted by atomic mass is 32.2. The van der Waals surface area contributed by atoms with Crippen LogP contribution in [0, 0.1) is 12.8 Å². The number of para-hydroxylation sites is 1. The summed E-state index contributed by atoms with van der Waals surface area (Å²) in [4.78, 5) is 19.7. The first-order chi connectivity index (χ1) is 15.4. The third-order valence-electron chi connectivity index (χ3n) is 5.43. The summed E-state index contributed by atoms with van der Waals surface area (Å²) >= 11 is 1.43. The number of thiazole rings is 1. The molecule has 0 radical (unpaired) electrons. The Hall–Kier alpha value is -2.81. The largest absolute Gasteiger partial charge is 0.274 e. The van der Waals surface area contributed by atoms with Crippen molar-refractivity contribution in [3.63, 3.8) is 0 Å². The van der Waals surface area contributed by atoms with Gasteiger partial charge in [0.1, 0.15) is 0 Å². The van der Waals surface area contributed by atoms with Crippen molar-refractivity contribution in [1.29, 1.82) is 0 Å². The second kappa shape index (κ2) is 9.77. The molecule has 3 aromatic rings. The summed E-state index contributed by atoms with van der Waals surface area (Å²) in [7, 11) is -3.53. The maximum Gasteiger partial charge on any atom is 0.236 e. The Morgan fingerprint density at radius 2 is 1.69 bits per heavy atom. The van der Waals surface area contributed by atoms with E-state index in [1.807, 2.05) is 73.0 Å². The van der Waals surface area contributed by atoms with Crippen LogP contribution in [0.15, 0.2) is 71.5 Å². The number of carbonyl (C=O) groups is 1. The molecule has 0 N–H and O–H groups in total. The highest BCUT2D eigenvalue weighted by Crippen LogP contribution is 2.32. The molecule has 1 saturated heterocycles. The van der Waals surface area contributed by atoms with Crippen LogP contribution in [0.2, 0.25) is 0 Å². The molecule has 0 spiro atoms. The lowest BCUT2D eigenvalue weighted by atomic mass is 9.96. The molecule has 0 saturated carbocycles. The van der Waals surface area contributed by atoms with Crippen LogP contribution in [-0.4, -0.2) is 36.7 Å². The second-order valence-electron chi connectivity index (χ2n) is 7.71. The van der Waals surface area contributed by atoms with E-state index in [1.54, 1.807) is 11.0 Å². The number of rotatable bonds is 6. The number of sulfonamides is 1. The number of hydrogen-bond acceptors (Lipinski definition) is 5. The van der Waals surface area contributed by atoms with E-state index in [2.05, 4.69) is 4.98 Å². The van der Waals surface area contributed by atoms with E-state index in [0.717, 1.165) is 16.9 Å². The molecule has 0 atom stereocenters. The molecule has 1 aromatic heterocycles. The molecule has 1 fully saturated rings. The molecule has 166 valence electrons. The minimum atomic E-state index is -3.53. The fraction of sp³-hybridized carbons (Fsp3) is 0.250. The van der Waals surface area contributed by atoms with Gasteiger partial charge in [-0.1, -0.05) is 48.5 Å². The summed E-state index contributed by atoms with van der Waals surface area (Å²) in [6.45, 7) is 2.54. The number of nitrogens with zero attached hydrogens (tertiary/aromatic N) is 3. The van der Waals surface area contributed by atoms with Crippen LogP contribution < -0.4 is 4.90 Å². The number of amides is 1. The summed E-state index contributed by atoms with van der Waals surface area (Å²) in [6, 6.07) is 18.8. The minimum Gasteiger partial charge on any atom is -0.274 e. The zero-order chi connectivity index (χ0) is 22.6. The number of carbonyl (C=O) groups excluding carboxylic acids is 1. The van der Waals surface area contributed by atoms with Crippen molar-refractivity contribution in [2.75, 3.05) is 18.0 Å². The Balaban J connectivity index is 1.46. The molecule has 0 aliphatic carbocycles. The first-order valence-electron chi connectivity index (χ1n) is 10.5. The van der Waals surface area contributed by atoms with Gasteiger partial charge in [0.25, 0.3) is 0 Å². The quantitative estimate of drug-likeness (QED) is 0.521. The number of aromatic nitrogens is 1. The van der Waals surface area contributed by atoms with Crippen LogP contribution in [0.4, 0.5) is 10.8 Å². The van der Waals surface area contributed by atoms with E-state index in [0.29, 0.717) is 31.1 Å². The molecule has 0 unspecified atom stereocenters. The third-order valence-corrected chi connectivity index (χ3v) is 7.94. The lowest BCUT2D eigenvalue weighted by Gasteiger charge is -2.32. The number of aryl methyl sites for hydroxylation is 1. The molecule has 8 heteroatoms. The second-order valence-corrected chi connectivity index (χ2v) is 10.4. The fourth-order valence-electron chi connectivity index (χ4n) is 3.71. The Morgan fingerprint density at radius 3 is 2.28 bits per heavy atom. The average Bonchev–Trinajstić information content (AvgIpc) is 3.25. The van der Waals surface area contributed by atoms with Crippen LogP contribution in [0.5, 0.6) is 0 Å². The number of anilines is 2. The maximum absolute atomic E-state index is 13.5. The normalized spacial score (nSPS) is 15.8. The van der Waals surface area contributed by atoms with Gasteiger partial charge in [-0.3, -0.25) is 9.69 Å². The van der Waals surface area contributed by atoms with Gasteiger partial charge in [-0.05, 0) is 43.5 Å². The Morgan fingerprint density at radius 1 is 1.06 bits per heavy atom. The van der Waals surface area contributed by atoms with Crippen molar-refractivity contribution in [3.8, 4) is 0 Å². The molecule has 4 rings (SSSR count). The van der Waals surface area contributed by atoms with Crippen molar-refractivity contribution in [2.24, 2.45) is 5.92 Å². The molecule has 2 heterocycles. The smallest absolute Gasteiger partial charge is 0.236 e. The molecular formula is C24H25N3O3S2. The van der Waals surface area contributed by atoms with Crippen molar-refractivity contribution in [3.05, 3.63) is 82.7 Å². The van der Waals surface area contributed by atoms with Crippen molar-refractivity contribution < 1.29 is 13.2 Å². The van der Waals surface area contributed by atoms with Crippen LogP contribution in [-0.2, 0) is 14.8 Å². The SMILES string of the molecule is Cc1csc(N(C(=O)C2CCN(S(=O)(=O)C=Cc3ccccc3)CC2)c2ccccc2)n1. The van der Waals surface area contributed by atoms with Gasteiger partial charge < -0.3 is 0 Å². The number of piperidine rings is 1. The fourth-order valence-corrected chi connectivity index (χ4v) is 5.76. The predicted molar refractivity (Wildman–Crippen MR) is 129 cm³/mol. The number of hydrogen-bond donors (Lipinski definition) is 0. The lowest BCUT2D eigenvalue weighted by molar-refractivity contribution is -0.122. The van der Waals surface area contributed by atoms with Crippen LogP contribution in [0.3, 0.4) is 0 Å². The van der Waals surface area contributed by atoms with Crippen LogP contribution in [0.1, 0.15) is 24.1 Å². The van der Waals surface area contributed by atoms with Gasteiger partial charge in [0.15, 0.2) is 5.13 Å². The highest BCUT2D eigenvalue weighted by Gasteiger charge is 2.34. The van der Waals surface area contributed by atoms with E-state index in [4.69, 9.17) is 0 Å². The molecule has 2 aromatic carbocycles. The van der Waals surface area contributed by atoms with E-state index in [1.165, 1.54) is 21.1 Å². The number of benzene rings is 2. The van der Waals surface area contributed by atoms with E-state index in [9.17, 15) is 13.2 Å². The predicted octanol–water partition coefficient (Wildman–Crippen LogP) is 4.83. The molecular weight excluding hydrogens is 442 g/mol. The van der Waals surface area contributed by atoms with Crippen molar-refractivity contribution in [1.82, 2.24) is 9.29 Å². The van der Waals surface area contributed by atoms with Gasteiger partial charge in [0.2, 0.25) is 15.9 Å². The topological polar surface area (TPSA) is 70.6 Å². The molecule has 32 heavy (non-hydrogen) atoms. The van der Waals surface area contributed by atoms with Gasteiger partial charge in [-0.2, -0.15) is 4.31 Å². The summed E-state index contributed by atoms with van der Waals surface area (Å²) < 4.78 is 27.0. The zero-order valence-corrected chi connectivity index (χ0v) is 19.4. The lowest BCUT2D eigenvalue weighted by Crippen LogP contribution is -2.42. The van der Waals surface area contributed by atoms with Gasteiger partial charge in [-0.25, -0.2) is 13.4 Å². The average molecular weight is 468 g/mol. The van der Waals surface area contributed by atoms with E-state index < -0.39 is 10.0 Å². The van der Waals surface area contributed by atoms with Gasteiger partial charge in [-0.15, -0.1) is 11.3 Å². The van der Waals surface area contributed by atoms with E-state index >= 15 is 0 Å². The standard InChI is InChI=1S/C24H25N3O3S2/c1-19-18-31-24(25-19)27(22-10-6-3-7-11-22)23(28)21-12-15-26(16-13-21)32(29,30)17-14-20-8-4-2-5-9-20/h2-11,14,17-18,21H,12-13,15-16H2,1H3. The summed E-state index contributed by atoms with van der Waals surface area (Å²) in [6.07, 6.45) is 2.56. The summed E-state index contributed by atoms with van der Waals surface area (Å²) in [5, 5.41) is 3.81. The maximum atomic E-state index is 13.5. The third kappa shape index (κ3) is 5.15. The molecule has 1 amide bonds. The van der Waals surface area contributed by atoms with Crippen LogP contribution in [0.25, 0.3) is 6.08 Å². The Kier molecular flexibility index (Phi) is 6.83. The first kappa shape index (κ1) is 22.4. The molecule has 6 nitrogen and oxygen atoms in total. The van der Waals surface area contributed by atoms with Gasteiger partial charge in [0, 0.05) is 29.8 Å². The first-order valence-corrected chi connectivity index (χ1v) is 12.9. The minimum absolute atomic E-state index is 0.0394. The molecule has 1 aliphatic heterocycles. The van der Waals surface area contributed by atoms with Crippen molar-refractivity contribution in [2.45, 2.75) is 19.8 Å². The molecule has 1 aliphatic rings.